The summed E-state index contributed by atoms with van der Waals surface area (Å²) in [5, 5.41) is 15.9. The van der Waals surface area contributed by atoms with Crippen LogP contribution in [0.25, 0.3) is 0 Å². The average Bonchev–Trinajstić information content (AvgIpc) is 2.41. The second-order valence-corrected chi connectivity index (χ2v) is 6.40. The molecule has 1 aromatic carbocycles. The van der Waals surface area contributed by atoms with Crippen LogP contribution in [0, 0.1) is 0 Å². The number of carbonyl (C=O) groups excluding carboxylic acids is 1. The minimum absolute atomic E-state index is 0.000804. The quantitative estimate of drug-likeness (QED) is 0.800. The first-order valence-electron chi connectivity index (χ1n) is 7.54. The number of ether oxygens (including phenoxy) is 2. The summed E-state index contributed by atoms with van der Waals surface area (Å²) in [5.74, 6) is 0.419. The van der Waals surface area contributed by atoms with E-state index in [0.29, 0.717) is 11.4 Å². The molecule has 0 aliphatic carbocycles. The van der Waals surface area contributed by atoms with Crippen molar-refractivity contribution in [3.63, 3.8) is 0 Å². The Morgan fingerprint density at radius 3 is 2.77 bits per heavy atom. The Labute approximate surface area is 130 Å². The number of phenolic OH excluding ortho intramolecular Hbond substituents is 1. The fraction of sp³-hybridized carbons (Fsp3) is 0.562. The fourth-order valence-corrected chi connectivity index (χ4v) is 2.22. The monoisotopic (exact) mass is 308 g/mol. The van der Waals surface area contributed by atoms with Gasteiger partial charge in [-0.1, -0.05) is 0 Å². The van der Waals surface area contributed by atoms with E-state index in [1.54, 1.807) is 32.9 Å². The van der Waals surface area contributed by atoms with E-state index in [1.165, 1.54) is 6.07 Å². The van der Waals surface area contributed by atoms with Gasteiger partial charge in [0.15, 0.2) is 11.5 Å². The lowest BCUT2D eigenvalue weighted by atomic mass is 10.1. The van der Waals surface area contributed by atoms with Crippen LogP contribution in [0.2, 0.25) is 0 Å². The van der Waals surface area contributed by atoms with Crippen molar-refractivity contribution in [3.8, 4) is 11.5 Å². The van der Waals surface area contributed by atoms with Crippen molar-refractivity contribution >= 4 is 11.8 Å². The summed E-state index contributed by atoms with van der Waals surface area (Å²) in [4.78, 5) is 11.7. The summed E-state index contributed by atoms with van der Waals surface area (Å²) >= 11 is 0. The van der Waals surface area contributed by atoms with E-state index in [4.69, 9.17) is 9.47 Å². The molecule has 6 nitrogen and oxygen atoms in total. The maximum atomic E-state index is 11.7. The number of phenols is 1. The van der Waals surface area contributed by atoms with E-state index in [9.17, 15) is 9.90 Å². The van der Waals surface area contributed by atoms with Gasteiger partial charge in [0, 0.05) is 18.3 Å². The number of hydrogen-bond acceptors (Lipinski definition) is 5. The summed E-state index contributed by atoms with van der Waals surface area (Å²) < 4.78 is 10.9. The zero-order valence-corrected chi connectivity index (χ0v) is 13.3. The van der Waals surface area contributed by atoms with Gasteiger partial charge in [-0.2, -0.15) is 0 Å². The molecule has 1 unspecified atom stereocenters. The molecule has 1 fully saturated rings. The molecule has 1 aliphatic heterocycles. The zero-order chi connectivity index (χ0) is 16.2. The Bertz CT molecular complexity index is 519. The van der Waals surface area contributed by atoms with Crippen LogP contribution in [-0.4, -0.2) is 36.0 Å². The molecule has 1 aliphatic rings. The second-order valence-electron chi connectivity index (χ2n) is 6.40. The molecule has 22 heavy (non-hydrogen) atoms. The molecule has 1 atom stereocenters. The van der Waals surface area contributed by atoms with Crippen LogP contribution in [0.5, 0.6) is 11.5 Å². The number of amides is 1. The molecule has 0 spiro atoms. The van der Waals surface area contributed by atoms with Gasteiger partial charge in [-0.25, -0.2) is 4.79 Å². The molecule has 3 N–H and O–H groups in total. The van der Waals surface area contributed by atoms with Crippen molar-refractivity contribution in [1.82, 2.24) is 5.32 Å². The number of nitrogens with one attached hydrogen (secondary N) is 2. The van der Waals surface area contributed by atoms with Crippen LogP contribution in [0.3, 0.4) is 0 Å². The number of hydrogen-bond donors (Lipinski definition) is 3. The maximum Gasteiger partial charge on any atom is 0.412 e. The smallest absolute Gasteiger partial charge is 0.412 e. The van der Waals surface area contributed by atoms with Crippen LogP contribution in [0.1, 0.15) is 33.6 Å². The number of carbonyl (C=O) groups is 1. The van der Waals surface area contributed by atoms with E-state index >= 15 is 0 Å². The minimum Gasteiger partial charge on any atom is -0.504 e. The summed E-state index contributed by atoms with van der Waals surface area (Å²) in [6, 6.07) is 4.78. The minimum atomic E-state index is -0.566. The zero-order valence-electron chi connectivity index (χ0n) is 13.3. The van der Waals surface area contributed by atoms with Crippen molar-refractivity contribution in [2.24, 2.45) is 0 Å². The molecule has 1 amide bonds. The largest absolute Gasteiger partial charge is 0.504 e. The third-order valence-electron chi connectivity index (χ3n) is 3.15. The fourth-order valence-electron chi connectivity index (χ4n) is 2.22. The van der Waals surface area contributed by atoms with Crippen molar-refractivity contribution in [2.45, 2.75) is 45.3 Å². The lowest BCUT2D eigenvalue weighted by Crippen LogP contribution is -2.37. The molecule has 0 radical (unpaired) electrons. The van der Waals surface area contributed by atoms with Gasteiger partial charge in [-0.05, 0) is 52.3 Å². The summed E-state index contributed by atoms with van der Waals surface area (Å²) in [5.41, 5.74) is -0.107. The van der Waals surface area contributed by atoms with Gasteiger partial charge in [0.2, 0.25) is 0 Å². The van der Waals surface area contributed by atoms with E-state index in [2.05, 4.69) is 10.6 Å². The number of anilines is 1. The SMILES string of the molecule is CC(C)(C)OC(=O)Nc1ccc(OC2CCCNC2)c(O)c1. The standard InChI is InChI=1S/C16H24N2O4/c1-16(2,3)22-15(20)18-11-6-7-14(13(19)9-11)21-12-5-4-8-17-10-12/h6-7,9,12,17,19H,4-5,8,10H2,1-3H3,(H,18,20). The number of rotatable bonds is 3. The highest BCUT2D eigenvalue weighted by Gasteiger charge is 2.18. The summed E-state index contributed by atoms with van der Waals surface area (Å²) in [6.07, 6.45) is 1.52. The highest BCUT2D eigenvalue weighted by atomic mass is 16.6. The average molecular weight is 308 g/mol. The van der Waals surface area contributed by atoms with Gasteiger partial charge in [-0.15, -0.1) is 0 Å². The number of aromatic hydroxyl groups is 1. The van der Waals surface area contributed by atoms with E-state index in [1.807, 2.05) is 0 Å². The Hall–Kier alpha value is -1.95. The second kappa shape index (κ2) is 6.87. The highest BCUT2D eigenvalue weighted by molar-refractivity contribution is 5.85. The van der Waals surface area contributed by atoms with E-state index in [0.717, 1.165) is 25.9 Å². The Morgan fingerprint density at radius 1 is 1.41 bits per heavy atom. The molecule has 6 heteroatoms. The van der Waals surface area contributed by atoms with Gasteiger partial charge in [0.1, 0.15) is 11.7 Å². The molecule has 0 aromatic heterocycles. The Kier molecular flexibility index (Phi) is 5.13. The number of benzene rings is 1. The van der Waals surface area contributed by atoms with Crippen LogP contribution < -0.4 is 15.4 Å². The van der Waals surface area contributed by atoms with Crippen LogP contribution in [-0.2, 0) is 4.74 Å². The molecule has 1 aromatic rings. The first-order chi connectivity index (χ1) is 10.3. The Balaban J connectivity index is 1.95. The van der Waals surface area contributed by atoms with Crippen molar-refractivity contribution in [1.29, 1.82) is 0 Å². The number of piperidine rings is 1. The molecular weight excluding hydrogens is 284 g/mol. The Morgan fingerprint density at radius 2 is 2.18 bits per heavy atom. The first kappa shape index (κ1) is 16.4. The van der Waals surface area contributed by atoms with Crippen LogP contribution in [0.4, 0.5) is 10.5 Å². The predicted molar refractivity (Wildman–Crippen MR) is 84.5 cm³/mol. The molecule has 1 heterocycles. The highest BCUT2D eigenvalue weighted by Crippen LogP contribution is 2.30. The van der Waals surface area contributed by atoms with Gasteiger partial charge >= 0.3 is 6.09 Å². The van der Waals surface area contributed by atoms with E-state index in [-0.39, 0.29) is 11.9 Å². The lowest BCUT2D eigenvalue weighted by molar-refractivity contribution is 0.0636. The normalized spacial score (nSPS) is 18.6. The van der Waals surface area contributed by atoms with E-state index < -0.39 is 11.7 Å². The summed E-state index contributed by atoms with van der Waals surface area (Å²) in [6.45, 7) is 7.15. The van der Waals surface area contributed by atoms with Crippen LogP contribution >= 0.6 is 0 Å². The third-order valence-corrected chi connectivity index (χ3v) is 3.15. The van der Waals surface area contributed by atoms with Crippen molar-refractivity contribution in [2.75, 3.05) is 18.4 Å². The lowest BCUT2D eigenvalue weighted by Gasteiger charge is -2.24. The van der Waals surface area contributed by atoms with Gasteiger partial charge in [0.05, 0.1) is 0 Å². The van der Waals surface area contributed by atoms with Crippen molar-refractivity contribution in [3.05, 3.63) is 18.2 Å². The van der Waals surface area contributed by atoms with Gasteiger partial charge < -0.3 is 19.9 Å². The summed E-state index contributed by atoms with van der Waals surface area (Å²) in [7, 11) is 0. The molecule has 2 rings (SSSR count). The molecule has 0 saturated carbocycles. The topological polar surface area (TPSA) is 79.8 Å². The van der Waals surface area contributed by atoms with Crippen molar-refractivity contribution < 1.29 is 19.4 Å². The molecule has 122 valence electrons. The van der Waals surface area contributed by atoms with Crippen LogP contribution in [0.15, 0.2) is 18.2 Å². The molecular formula is C16H24N2O4. The maximum absolute atomic E-state index is 11.7. The third kappa shape index (κ3) is 5.11. The molecule has 1 saturated heterocycles. The van der Waals surface area contributed by atoms with Gasteiger partial charge in [-0.3, -0.25) is 5.32 Å². The van der Waals surface area contributed by atoms with Gasteiger partial charge in [0.25, 0.3) is 0 Å². The first-order valence-corrected chi connectivity index (χ1v) is 7.54. The molecule has 0 bridgehead atoms. The predicted octanol–water partition coefficient (Wildman–Crippen LogP) is 2.87.